The fourth-order valence-corrected chi connectivity index (χ4v) is 3.95. The van der Waals surface area contributed by atoms with E-state index in [4.69, 9.17) is 0 Å². The highest BCUT2D eigenvalue weighted by Gasteiger charge is 2.14. The van der Waals surface area contributed by atoms with E-state index in [-0.39, 0.29) is 10.3 Å². The van der Waals surface area contributed by atoms with Crippen molar-refractivity contribution in [1.29, 1.82) is 0 Å². The Kier molecular flexibility index (Phi) is 2.11. The van der Waals surface area contributed by atoms with Crippen LogP contribution in [0.2, 0.25) is 0 Å². The highest BCUT2D eigenvalue weighted by Crippen LogP contribution is 2.35. The predicted molar refractivity (Wildman–Crippen MR) is 53.5 cm³/mol. The summed E-state index contributed by atoms with van der Waals surface area (Å²) >= 11 is 0. The Balaban J connectivity index is 2.19. The molecule has 11 heavy (non-hydrogen) atoms. The molecule has 0 aromatic rings. The van der Waals surface area contributed by atoms with Crippen LogP contribution in [0.4, 0.5) is 0 Å². The van der Waals surface area contributed by atoms with Crippen molar-refractivity contribution >= 4 is 10.3 Å². The fourth-order valence-electron chi connectivity index (χ4n) is 1.87. The molecule has 0 N–H and O–H groups in total. The van der Waals surface area contributed by atoms with Gasteiger partial charge in [-0.05, 0) is 29.9 Å². The van der Waals surface area contributed by atoms with E-state index >= 15 is 0 Å². The van der Waals surface area contributed by atoms with E-state index in [0.717, 1.165) is 5.92 Å². The van der Waals surface area contributed by atoms with E-state index in [9.17, 15) is 0 Å². The summed E-state index contributed by atoms with van der Waals surface area (Å²) < 4.78 is 0. The van der Waals surface area contributed by atoms with Crippen LogP contribution in [-0.2, 0) is 0 Å². The van der Waals surface area contributed by atoms with Crippen LogP contribution in [0.5, 0.6) is 0 Å². The molecule has 0 amide bonds. The predicted octanol–water partition coefficient (Wildman–Crippen LogP) is 3.05. The second-order valence-corrected chi connectivity index (χ2v) is 5.53. The van der Waals surface area contributed by atoms with Crippen molar-refractivity contribution in [3.8, 4) is 5.18 Å². The number of allylic oxidation sites excluding steroid dienone is 1. The van der Waals surface area contributed by atoms with Gasteiger partial charge in [-0.3, -0.25) is 0 Å². The Hall–Kier alpha value is -0.130. The Morgan fingerprint density at radius 1 is 1.73 bits per heavy atom. The molecule has 2 unspecified atom stereocenters. The van der Waals surface area contributed by atoms with E-state index in [2.05, 4.69) is 17.5 Å². The molecule has 1 heteroatoms. The molecule has 2 heterocycles. The van der Waals surface area contributed by atoms with Gasteiger partial charge in [-0.15, -0.1) is 5.18 Å². The van der Waals surface area contributed by atoms with Gasteiger partial charge in [0.1, 0.15) is 0 Å². The molecule has 0 spiro atoms. The van der Waals surface area contributed by atoms with Gasteiger partial charge in [0.25, 0.3) is 0 Å². The molecule has 2 rings (SSSR count). The average molecular weight is 168 g/mol. The van der Waals surface area contributed by atoms with Crippen LogP contribution in [0, 0.1) is 11.1 Å². The molecule has 2 aliphatic rings. The third-order valence-electron chi connectivity index (χ3n) is 2.72. The smallest absolute Gasteiger partial charge is 0.00944 e. The van der Waals surface area contributed by atoms with Crippen LogP contribution < -0.4 is 0 Å². The first-order valence-electron chi connectivity index (χ1n) is 4.58. The highest BCUT2D eigenvalue weighted by molar-refractivity contribution is 8.10. The number of hydrogen-bond acceptors (Lipinski definition) is 0. The lowest BCUT2D eigenvalue weighted by Gasteiger charge is -2.11. The summed E-state index contributed by atoms with van der Waals surface area (Å²) in [7, 11) is 0.134. The summed E-state index contributed by atoms with van der Waals surface area (Å²) in [6.45, 7) is 2.30. The number of fused-ring (bicyclic) bond motifs is 1. The van der Waals surface area contributed by atoms with Gasteiger partial charge in [0, 0.05) is 6.42 Å². The first-order chi connectivity index (χ1) is 5.38. The van der Waals surface area contributed by atoms with Gasteiger partial charge in [-0.25, -0.2) is 0 Å². The van der Waals surface area contributed by atoms with E-state index in [0.29, 0.717) is 0 Å². The lowest BCUT2D eigenvalue weighted by atomic mass is 9.94. The molecule has 0 aliphatic carbocycles. The van der Waals surface area contributed by atoms with Crippen molar-refractivity contribution in [2.45, 2.75) is 32.6 Å². The number of hydrogen-bond donors (Lipinski definition) is 1. The van der Waals surface area contributed by atoms with Crippen molar-refractivity contribution in [2.75, 3.05) is 5.75 Å². The zero-order valence-corrected chi connectivity index (χ0v) is 8.03. The maximum atomic E-state index is 3.66. The molecule has 62 valence electrons. The Morgan fingerprint density at radius 3 is 3.45 bits per heavy atom. The van der Waals surface area contributed by atoms with Gasteiger partial charge in [0.2, 0.25) is 0 Å². The summed E-state index contributed by atoms with van der Waals surface area (Å²) in [5.74, 6) is 2.34. The molecule has 0 aromatic carbocycles. The molecule has 2 atom stereocenters. The minimum atomic E-state index is 0.134. The van der Waals surface area contributed by atoms with E-state index in [1.807, 2.05) is 0 Å². The van der Waals surface area contributed by atoms with Crippen molar-refractivity contribution < 1.29 is 0 Å². The van der Waals surface area contributed by atoms with Crippen molar-refractivity contribution in [3.05, 3.63) is 11.0 Å². The SMILES string of the molecule is CCC1CC#[SH]2C=C(CC2)C1. The summed E-state index contributed by atoms with van der Waals surface area (Å²) in [5.41, 5.74) is 1.74. The van der Waals surface area contributed by atoms with E-state index in [1.165, 1.54) is 31.4 Å². The quantitative estimate of drug-likeness (QED) is 0.572. The average Bonchev–Trinajstić information content (AvgIpc) is 2.31. The molecule has 0 nitrogen and oxygen atoms in total. The normalized spacial score (nSPS) is 35.2. The molecule has 0 fully saturated rings. The van der Waals surface area contributed by atoms with Crippen LogP contribution in [0.25, 0.3) is 0 Å². The van der Waals surface area contributed by atoms with Gasteiger partial charge in [0.05, 0.1) is 0 Å². The molecule has 0 saturated carbocycles. The van der Waals surface area contributed by atoms with Gasteiger partial charge in [-0.1, -0.05) is 18.9 Å². The fraction of sp³-hybridized carbons (Fsp3) is 0.700. The Labute approximate surface area is 71.3 Å². The minimum Gasteiger partial charge on any atom is -0.180 e. The van der Waals surface area contributed by atoms with Crippen LogP contribution >= 0.6 is 10.3 Å². The topological polar surface area (TPSA) is 0 Å². The number of rotatable bonds is 1. The molecular weight excluding hydrogens is 152 g/mol. The summed E-state index contributed by atoms with van der Waals surface area (Å²) in [4.78, 5) is 0. The van der Waals surface area contributed by atoms with Gasteiger partial charge in [-0.2, -0.15) is 10.3 Å². The van der Waals surface area contributed by atoms with E-state index < -0.39 is 0 Å². The highest BCUT2D eigenvalue weighted by atomic mass is 32.2. The maximum Gasteiger partial charge on any atom is 0.00944 e. The Morgan fingerprint density at radius 2 is 2.64 bits per heavy atom. The van der Waals surface area contributed by atoms with Gasteiger partial charge in [0.15, 0.2) is 0 Å². The molecule has 2 aliphatic heterocycles. The molecule has 0 saturated heterocycles. The summed E-state index contributed by atoms with van der Waals surface area (Å²) in [6.07, 6.45) is 5.37. The van der Waals surface area contributed by atoms with Crippen LogP contribution in [0.15, 0.2) is 11.0 Å². The third-order valence-corrected chi connectivity index (χ3v) is 4.69. The van der Waals surface area contributed by atoms with Gasteiger partial charge < -0.3 is 0 Å². The van der Waals surface area contributed by atoms with Crippen molar-refractivity contribution in [1.82, 2.24) is 0 Å². The van der Waals surface area contributed by atoms with Crippen LogP contribution in [0.3, 0.4) is 0 Å². The third kappa shape index (κ3) is 1.55. The molecule has 2 bridgehead atoms. The second kappa shape index (κ2) is 3.08. The standard InChI is InChI=1S/C10H16S/c1-2-9-3-5-11-6-4-10(7-9)8-11/h8-9,11H,2-4,6-7H2,1H3. The lowest BCUT2D eigenvalue weighted by molar-refractivity contribution is 0.515. The second-order valence-electron chi connectivity index (χ2n) is 3.57. The summed E-state index contributed by atoms with van der Waals surface area (Å²) in [6, 6.07) is 0. The Bertz CT molecular complexity index is 262. The monoisotopic (exact) mass is 168 g/mol. The van der Waals surface area contributed by atoms with E-state index in [1.54, 1.807) is 5.57 Å². The lowest BCUT2D eigenvalue weighted by Crippen LogP contribution is -1.99. The summed E-state index contributed by atoms with van der Waals surface area (Å²) in [5, 5.41) is 6.18. The molecule has 0 aromatic heterocycles. The van der Waals surface area contributed by atoms with Crippen LogP contribution in [0.1, 0.15) is 32.6 Å². The zero-order valence-electron chi connectivity index (χ0n) is 7.14. The van der Waals surface area contributed by atoms with Crippen LogP contribution in [-0.4, -0.2) is 5.75 Å². The molecule has 0 radical (unpaired) electrons. The van der Waals surface area contributed by atoms with Crippen molar-refractivity contribution in [3.63, 3.8) is 0 Å². The first-order valence-corrected chi connectivity index (χ1v) is 6.18. The number of thiol groups is 1. The first kappa shape index (κ1) is 7.52. The van der Waals surface area contributed by atoms with Gasteiger partial charge >= 0.3 is 0 Å². The maximum absolute atomic E-state index is 3.66. The minimum absolute atomic E-state index is 0.134. The largest absolute Gasteiger partial charge is 0.180 e. The molecular formula is C10H16S. The zero-order chi connectivity index (χ0) is 7.68. The van der Waals surface area contributed by atoms with Crippen molar-refractivity contribution in [2.24, 2.45) is 5.92 Å².